The molecule has 3 nitrogen and oxygen atoms in total. The number of rotatable bonds is 4. The second-order valence-corrected chi connectivity index (χ2v) is 6.04. The van der Waals surface area contributed by atoms with E-state index in [0.29, 0.717) is 17.5 Å². The Morgan fingerprint density at radius 1 is 1.47 bits per heavy atom. The first-order valence-electron chi connectivity index (χ1n) is 6.64. The minimum Gasteiger partial charge on any atom is -0.325 e. The monoisotopic (exact) mass is 344 g/mol. The van der Waals surface area contributed by atoms with Crippen molar-refractivity contribution in [1.82, 2.24) is 5.32 Å². The molecule has 1 saturated heterocycles. The van der Waals surface area contributed by atoms with Gasteiger partial charge < -0.3 is 10.6 Å². The van der Waals surface area contributed by atoms with Gasteiger partial charge in [0.15, 0.2) is 0 Å². The number of anilines is 1. The van der Waals surface area contributed by atoms with Crippen LogP contribution in [0.1, 0.15) is 32.1 Å². The van der Waals surface area contributed by atoms with Crippen molar-refractivity contribution in [3.05, 3.63) is 27.7 Å². The van der Waals surface area contributed by atoms with E-state index in [9.17, 15) is 4.79 Å². The van der Waals surface area contributed by atoms with Crippen molar-refractivity contribution >= 4 is 39.1 Å². The molecule has 0 bridgehead atoms. The third kappa shape index (κ3) is 4.48. The summed E-state index contributed by atoms with van der Waals surface area (Å²) >= 11 is 9.37. The number of halogens is 2. The summed E-state index contributed by atoms with van der Waals surface area (Å²) in [4.78, 5) is 11.9. The third-order valence-corrected chi connectivity index (χ3v) is 4.76. The number of hydrogen-bond acceptors (Lipinski definition) is 2. The average molecular weight is 346 g/mol. The van der Waals surface area contributed by atoms with Gasteiger partial charge in [0.25, 0.3) is 0 Å². The zero-order valence-corrected chi connectivity index (χ0v) is 13.1. The Morgan fingerprint density at radius 3 is 3.05 bits per heavy atom. The summed E-state index contributed by atoms with van der Waals surface area (Å²) in [6.45, 7) is 1.08. The minimum absolute atomic E-state index is 0.0374. The maximum absolute atomic E-state index is 11.9. The van der Waals surface area contributed by atoms with Crippen LogP contribution in [0, 0.1) is 0 Å². The standard InChI is InChI=1S/C14H18BrClN2O/c15-14-11(16)5-3-6-12(14)18-13(19)8-7-10-4-1-2-9-17-10/h3,5-6,10,17H,1-2,4,7-9H2,(H,18,19). The molecular weight excluding hydrogens is 328 g/mol. The van der Waals surface area contributed by atoms with E-state index in [-0.39, 0.29) is 5.91 Å². The van der Waals surface area contributed by atoms with Crippen LogP contribution in [0.3, 0.4) is 0 Å². The van der Waals surface area contributed by atoms with Crippen LogP contribution in [0.2, 0.25) is 5.02 Å². The highest BCUT2D eigenvalue weighted by Gasteiger charge is 2.14. The molecular formula is C14H18BrClN2O. The van der Waals surface area contributed by atoms with E-state index in [0.717, 1.165) is 23.1 Å². The van der Waals surface area contributed by atoms with Crippen LogP contribution < -0.4 is 10.6 Å². The van der Waals surface area contributed by atoms with E-state index in [1.54, 1.807) is 6.07 Å². The average Bonchev–Trinajstić information content (AvgIpc) is 2.43. The first-order valence-corrected chi connectivity index (χ1v) is 7.81. The van der Waals surface area contributed by atoms with E-state index in [1.165, 1.54) is 19.3 Å². The summed E-state index contributed by atoms with van der Waals surface area (Å²) in [5, 5.41) is 6.94. The van der Waals surface area contributed by atoms with Gasteiger partial charge in [-0.15, -0.1) is 0 Å². The van der Waals surface area contributed by atoms with Crippen molar-refractivity contribution in [1.29, 1.82) is 0 Å². The van der Waals surface area contributed by atoms with E-state index in [1.807, 2.05) is 12.1 Å². The van der Waals surface area contributed by atoms with Crippen molar-refractivity contribution < 1.29 is 4.79 Å². The smallest absolute Gasteiger partial charge is 0.224 e. The fraction of sp³-hybridized carbons (Fsp3) is 0.500. The molecule has 0 radical (unpaired) electrons. The number of carbonyl (C=O) groups is 1. The van der Waals surface area contributed by atoms with Gasteiger partial charge in [0.2, 0.25) is 5.91 Å². The van der Waals surface area contributed by atoms with Crippen LogP contribution in [0.5, 0.6) is 0 Å². The van der Waals surface area contributed by atoms with Crippen LogP contribution >= 0.6 is 27.5 Å². The largest absolute Gasteiger partial charge is 0.325 e. The number of carbonyl (C=O) groups excluding carboxylic acids is 1. The Morgan fingerprint density at radius 2 is 2.32 bits per heavy atom. The van der Waals surface area contributed by atoms with Crippen LogP contribution in [-0.4, -0.2) is 18.5 Å². The normalized spacial score (nSPS) is 19.2. The Bertz CT molecular complexity index is 447. The fourth-order valence-corrected chi connectivity index (χ4v) is 2.83. The summed E-state index contributed by atoms with van der Waals surface area (Å²) in [6.07, 6.45) is 5.12. The Kier molecular flexibility index (Phi) is 5.67. The van der Waals surface area contributed by atoms with Crippen molar-refractivity contribution in [2.45, 2.75) is 38.1 Å². The summed E-state index contributed by atoms with van der Waals surface area (Å²) in [6, 6.07) is 5.94. The van der Waals surface area contributed by atoms with Gasteiger partial charge in [-0.2, -0.15) is 0 Å². The van der Waals surface area contributed by atoms with Gasteiger partial charge >= 0.3 is 0 Å². The number of amides is 1. The molecule has 1 unspecified atom stereocenters. The van der Waals surface area contributed by atoms with Gasteiger partial charge in [-0.05, 0) is 53.9 Å². The van der Waals surface area contributed by atoms with Gasteiger partial charge in [-0.3, -0.25) is 4.79 Å². The predicted octanol–water partition coefficient (Wildman–Crippen LogP) is 3.96. The Hall–Kier alpha value is -0.580. The zero-order valence-electron chi connectivity index (χ0n) is 10.7. The van der Waals surface area contributed by atoms with Gasteiger partial charge in [0.05, 0.1) is 15.2 Å². The van der Waals surface area contributed by atoms with Gasteiger partial charge in [0.1, 0.15) is 0 Å². The number of piperidine rings is 1. The van der Waals surface area contributed by atoms with Gasteiger partial charge in [-0.1, -0.05) is 24.1 Å². The quantitative estimate of drug-likeness (QED) is 0.867. The molecule has 1 aromatic carbocycles. The van der Waals surface area contributed by atoms with Crippen LogP contribution in [0.15, 0.2) is 22.7 Å². The molecule has 104 valence electrons. The molecule has 1 fully saturated rings. The lowest BCUT2D eigenvalue weighted by Crippen LogP contribution is -2.34. The molecule has 0 aliphatic carbocycles. The summed E-state index contributed by atoms with van der Waals surface area (Å²) in [5.74, 6) is 0.0374. The molecule has 1 aliphatic heterocycles. The lowest BCUT2D eigenvalue weighted by Gasteiger charge is -2.23. The van der Waals surface area contributed by atoms with Gasteiger partial charge in [-0.25, -0.2) is 0 Å². The molecule has 1 aliphatic rings. The number of hydrogen-bond donors (Lipinski definition) is 2. The first-order chi connectivity index (χ1) is 9.16. The van der Waals surface area contributed by atoms with Crippen LogP contribution in [-0.2, 0) is 4.79 Å². The first kappa shape index (κ1) is 14.8. The van der Waals surface area contributed by atoms with E-state index in [2.05, 4.69) is 26.6 Å². The maximum atomic E-state index is 11.9. The fourth-order valence-electron chi connectivity index (χ4n) is 2.29. The SMILES string of the molecule is O=C(CCC1CCCCN1)Nc1cccc(Cl)c1Br. The van der Waals surface area contributed by atoms with Crippen molar-refractivity contribution in [2.75, 3.05) is 11.9 Å². The lowest BCUT2D eigenvalue weighted by atomic mass is 10.0. The molecule has 2 N–H and O–H groups in total. The van der Waals surface area contributed by atoms with Crippen molar-refractivity contribution in [3.63, 3.8) is 0 Å². The van der Waals surface area contributed by atoms with Crippen LogP contribution in [0.25, 0.3) is 0 Å². The lowest BCUT2D eigenvalue weighted by molar-refractivity contribution is -0.116. The second kappa shape index (κ2) is 7.27. The molecule has 5 heteroatoms. The molecule has 1 aromatic rings. The highest BCUT2D eigenvalue weighted by Crippen LogP contribution is 2.30. The molecule has 1 amide bonds. The van der Waals surface area contributed by atoms with Gasteiger partial charge in [0, 0.05) is 12.5 Å². The Labute approximate surface area is 127 Å². The van der Waals surface area contributed by atoms with E-state index in [4.69, 9.17) is 11.6 Å². The van der Waals surface area contributed by atoms with Crippen molar-refractivity contribution in [3.8, 4) is 0 Å². The summed E-state index contributed by atoms with van der Waals surface area (Å²) < 4.78 is 0.737. The third-order valence-electron chi connectivity index (χ3n) is 3.36. The highest BCUT2D eigenvalue weighted by molar-refractivity contribution is 9.10. The summed E-state index contributed by atoms with van der Waals surface area (Å²) in [5.41, 5.74) is 0.731. The molecule has 0 spiro atoms. The molecule has 0 saturated carbocycles. The zero-order chi connectivity index (χ0) is 13.7. The van der Waals surface area contributed by atoms with E-state index < -0.39 is 0 Å². The number of benzene rings is 1. The number of nitrogens with one attached hydrogen (secondary N) is 2. The molecule has 1 atom stereocenters. The van der Waals surface area contributed by atoms with Crippen molar-refractivity contribution in [2.24, 2.45) is 0 Å². The predicted molar refractivity (Wildman–Crippen MR) is 82.7 cm³/mol. The second-order valence-electron chi connectivity index (χ2n) is 4.84. The Balaban J connectivity index is 1.82. The topological polar surface area (TPSA) is 41.1 Å². The van der Waals surface area contributed by atoms with E-state index >= 15 is 0 Å². The molecule has 0 aromatic heterocycles. The highest BCUT2D eigenvalue weighted by atomic mass is 79.9. The molecule has 1 heterocycles. The molecule has 2 rings (SSSR count). The minimum atomic E-state index is 0.0374. The summed E-state index contributed by atoms with van der Waals surface area (Å²) in [7, 11) is 0. The maximum Gasteiger partial charge on any atom is 0.224 e. The van der Waals surface area contributed by atoms with Crippen LogP contribution in [0.4, 0.5) is 5.69 Å². The molecule has 19 heavy (non-hydrogen) atoms.